The Morgan fingerprint density at radius 3 is 2.52 bits per heavy atom. The van der Waals surface area contributed by atoms with E-state index in [1.807, 2.05) is 20.9 Å². The maximum absolute atomic E-state index is 12.7. The van der Waals surface area contributed by atoms with Gasteiger partial charge in [-0.25, -0.2) is 0 Å². The summed E-state index contributed by atoms with van der Waals surface area (Å²) in [6.07, 6.45) is 7.46. The highest BCUT2D eigenvalue weighted by atomic mass is 35.5. The van der Waals surface area contributed by atoms with Crippen LogP contribution in [0.25, 0.3) is 11.0 Å². The summed E-state index contributed by atoms with van der Waals surface area (Å²) in [6, 6.07) is 3.59. The number of fused-ring (bicyclic) bond motifs is 1. The minimum atomic E-state index is -0.367. The van der Waals surface area contributed by atoms with Crippen LogP contribution in [0.1, 0.15) is 74.9 Å². The van der Waals surface area contributed by atoms with Gasteiger partial charge in [0.1, 0.15) is 5.58 Å². The van der Waals surface area contributed by atoms with E-state index in [1.54, 1.807) is 12.1 Å². The summed E-state index contributed by atoms with van der Waals surface area (Å²) in [7, 11) is 1.92. The van der Waals surface area contributed by atoms with Gasteiger partial charge in [-0.3, -0.25) is 9.59 Å². The fourth-order valence-corrected chi connectivity index (χ4v) is 4.71. The molecule has 29 heavy (non-hydrogen) atoms. The van der Waals surface area contributed by atoms with Crippen molar-refractivity contribution in [3.63, 3.8) is 0 Å². The fraction of sp³-hybridized carbons (Fsp3) is 0.545. The lowest BCUT2D eigenvalue weighted by Crippen LogP contribution is -2.42. The zero-order valence-electron chi connectivity index (χ0n) is 17.4. The van der Waals surface area contributed by atoms with Gasteiger partial charge in [0.15, 0.2) is 5.76 Å². The Morgan fingerprint density at radius 2 is 1.93 bits per heavy atom. The van der Waals surface area contributed by atoms with Crippen LogP contribution in [0.3, 0.4) is 0 Å². The summed E-state index contributed by atoms with van der Waals surface area (Å²) in [5.41, 5.74) is 1.61. The van der Waals surface area contributed by atoms with Crippen molar-refractivity contribution in [2.24, 2.45) is 0 Å². The van der Waals surface area contributed by atoms with Gasteiger partial charge >= 0.3 is 0 Å². The summed E-state index contributed by atoms with van der Waals surface area (Å²) < 4.78 is 6.11. The molecule has 0 bridgehead atoms. The molecular formula is C22H30ClN3O3. The second-order valence-electron chi connectivity index (χ2n) is 7.78. The largest absolute Gasteiger partial charge is 0.450 e. The molecule has 6 nitrogen and oxygen atoms in total. The van der Waals surface area contributed by atoms with Gasteiger partial charge in [0.2, 0.25) is 6.41 Å². The molecule has 1 fully saturated rings. The maximum Gasteiger partial charge on any atom is 0.287 e. The molecule has 0 atom stereocenters. The van der Waals surface area contributed by atoms with E-state index in [-0.39, 0.29) is 23.2 Å². The number of halogens is 1. The lowest BCUT2D eigenvalue weighted by Gasteiger charge is -2.39. The highest BCUT2D eigenvalue weighted by Gasteiger charge is 2.38. The lowest BCUT2D eigenvalue weighted by atomic mass is 9.75. The van der Waals surface area contributed by atoms with Crippen molar-refractivity contribution in [3.8, 4) is 0 Å². The molecule has 7 heteroatoms. The van der Waals surface area contributed by atoms with E-state index in [0.29, 0.717) is 22.7 Å². The van der Waals surface area contributed by atoms with Crippen molar-refractivity contribution >= 4 is 40.6 Å². The van der Waals surface area contributed by atoms with Crippen LogP contribution < -0.4 is 16.0 Å². The van der Waals surface area contributed by atoms with Crippen molar-refractivity contribution in [1.29, 1.82) is 0 Å². The van der Waals surface area contributed by atoms with Crippen molar-refractivity contribution < 1.29 is 14.0 Å². The summed E-state index contributed by atoms with van der Waals surface area (Å²) >= 11 is 6.55. The molecule has 0 unspecified atom stereocenters. The molecule has 2 aromatic rings. The van der Waals surface area contributed by atoms with Crippen LogP contribution in [0.15, 0.2) is 16.5 Å². The monoisotopic (exact) mass is 419 g/mol. The molecule has 2 amide bonds. The normalized spacial score (nSPS) is 16.2. The second-order valence-corrected chi connectivity index (χ2v) is 8.19. The number of furan rings is 1. The van der Waals surface area contributed by atoms with Crippen molar-refractivity contribution in [3.05, 3.63) is 28.5 Å². The Balaban J connectivity index is 2.16. The Morgan fingerprint density at radius 1 is 1.24 bits per heavy atom. The molecule has 1 aliphatic carbocycles. The molecule has 1 aromatic heterocycles. The van der Waals surface area contributed by atoms with Gasteiger partial charge < -0.3 is 20.4 Å². The topological polar surface area (TPSA) is 83.4 Å². The van der Waals surface area contributed by atoms with Gasteiger partial charge in [-0.15, -0.1) is 0 Å². The fourth-order valence-electron chi connectivity index (χ4n) is 4.45. The number of nitrogens with one attached hydrogen (secondary N) is 3. The Kier molecular flexibility index (Phi) is 6.85. The highest BCUT2D eigenvalue weighted by molar-refractivity contribution is 6.34. The first-order chi connectivity index (χ1) is 14.0. The zero-order valence-corrected chi connectivity index (χ0v) is 18.1. The molecule has 0 saturated heterocycles. The van der Waals surface area contributed by atoms with Crippen molar-refractivity contribution in [2.75, 3.05) is 12.4 Å². The zero-order chi connectivity index (χ0) is 21.0. The van der Waals surface area contributed by atoms with Crippen LogP contribution in [-0.4, -0.2) is 25.4 Å². The third-order valence-electron chi connectivity index (χ3n) is 6.17. The van der Waals surface area contributed by atoms with Crippen LogP contribution in [0.2, 0.25) is 5.02 Å². The standard InChI is InChI=1S/C22H30ClN3O3/c1-4-15(5-2)26-21(28)17-12-14-11-16(23)19(25-13-27)18(20(14)29-17)22(24-3)9-7-6-8-10-22/h11-13,15,24H,4-10H2,1-3H3,(H,25,27)(H,26,28). The summed E-state index contributed by atoms with van der Waals surface area (Å²) in [5, 5.41) is 10.5. The number of hydrogen-bond donors (Lipinski definition) is 3. The first-order valence-corrected chi connectivity index (χ1v) is 10.8. The average Bonchev–Trinajstić information content (AvgIpc) is 3.16. The first kappa shape index (κ1) is 21.7. The molecular weight excluding hydrogens is 390 g/mol. The smallest absolute Gasteiger partial charge is 0.287 e. The summed E-state index contributed by atoms with van der Waals surface area (Å²) in [6.45, 7) is 4.09. The van der Waals surface area contributed by atoms with Gasteiger partial charge in [0.25, 0.3) is 5.91 Å². The maximum atomic E-state index is 12.7. The lowest BCUT2D eigenvalue weighted by molar-refractivity contribution is -0.105. The number of carbonyl (C=O) groups excluding carboxylic acids is 2. The number of rotatable bonds is 8. The third-order valence-corrected chi connectivity index (χ3v) is 6.47. The predicted molar refractivity (Wildman–Crippen MR) is 117 cm³/mol. The molecule has 1 aliphatic rings. The number of carbonyl (C=O) groups is 2. The molecule has 3 N–H and O–H groups in total. The highest BCUT2D eigenvalue weighted by Crippen LogP contribution is 2.46. The second kappa shape index (κ2) is 9.18. The minimum Gasteiger partial charge on any atom is -0.450 e. The Labute approximate surface area is 176 Å². The van der Waals surface area contributed by atoms with Crippen LogP contribution in [0, 0.1) is 0 Å². The van der Waals surface area contributed by atoms with E-state index >= 15 is 0 Å². The van der Waals surface area contributed by atoms with Gasteiger partial charge in [-0.2, -0.15) is 0 Å². The molecule has 3 rings (SSSR count). The number of hydrogen-bond acceptors (Lipinski definition) is 4. The average molecular weight is 420 g/mol. The van der Waals surface area contributed by atoms with E-state index < -0.39 is 0 Å². The molecule has 1 heterocycles. The van der Waals surface area contributed by atoms with E-state index in [0.717, 1.165) is 49.5 Å². The van der Waals surface area contributed by atoms with Crippen LogP contribution >= 0.6 is 11.6 Å². The number of benzene rings is 1. The van der Waals surface area contributed by atoms with Crippen LogP contribution in [0.4, 0.5) is 5.69 Å². The number of anilines is 1. The third kappa shape index (κ3) is 4.14. The molecule has 158 valence electrons. The molecule has 0 spiro atoms. The summed E-state index contributed by atoms with van der Waals surface area (Å²) in [5.74, 6) is 0.0264. The van der Waals surface area contributed by atoms with Crippen molar-refractivity contribution in [2.45, 2.75) is 70.4 Å². The molecule has 1 saturated carbocycles. The van der Waals surface area contributed by atoms with E-state index in [2.05, 4.69) is 16.0 Å². The van der Waals surface area contributed by atoms with Gasteiger partial charge in [-0.05, 0) is 44.9 Å². The SMILES string of the molecule is CCC(CC)NC(=O)c1cc2cc(Cl)c(NC=O)c(C3(NC)CCCCC3)c2o1. The van der Waals surface area contributed by atoms with Gasteiger partial charge in [0, 0.05) is 22.5 Å². The summed E-state index contributed by atoms with van der Waals surface area (Å²) in [4.78, 5) is 24.1. The van der Waals surface area contributed by atoms with Crippen molar-refractivity contribution in [1.82, 2.24) is 10.6 Å². The van der Waals surface area contributed by atoms with Gasteiger partial charge in [0.05, 0.1) is 10.7 Å². The first-order valence-electron chi connectivity index (χ1n) is 10.5. The predicted octanol–water partition coefficient (Wildman–Crippen LogP) is 4.95. The van der Waals surface area contributed by atoms with Crippen LogP contribution in [0.5, 0.6) is 0 Å². The quantitative estimate of drug-likeness (QED) is 0.528. The molecule has 1 aromatic carbocycles. The van der Waals surface area contributed by atoms with E-state index in [1.165, 1.54) is 6.42 Å². The van der Waals surface area contributed by atoms with E-state index in [4.69, 9.17) is 16.0 Å². The Bertz CT molecular complexity index is 883. The molecule has 0 radical (unpaired) electrons. The van der Waals surface area contributed by atoms with Crippen LogP contribution in [-0.2, 0) is 10.3 Å². The Hall–Kier alpha value is -2.05. The molecule has 0 aliphatic heterocycles. The number of amides is 2. The minimum absolute atomic E-state index is 0.105. The van der Waals surface area contributed by atoms with E-state index in [9.17, 15) is 9.59 Å². The van der Waals surface area contributed by atoms with Gasteiger partial charge in [-0.1, -0.05) is 44.7 Å².